The van der Waals surface area contributed by atoms with Crippen molar-refractivity contribution in [2.45, 2.75) is 6.18 Å². The standard InChI is InChI=1S/C16H11F3O4/c17-16(18,19)11-3-5-12(6-4-11)23-15(22)8-2-10-1-7-13(20)14(21)9-10/h1-9,20-21H/b8-2+. The molecule has 0 heterocycles. The van der Waals surface area contributed by atoms with E-state index in [0.29, 0.717) is 5.56 Å². The highest BCUT2D eigenvalue weighted by atomic mass is 19.4. The SMILES string of the molecule is O=C(/C=C/c1ccc(O)c(O)c1)Oc1ccc(C(F)(F)F)cc1. The highest BCUT2D eigenvalue weighted by Crippen LogP contribution is 2.30. The van der Waals surface area contributed by atoms with Crippen LogP contribution in [-0.2, 0) is 11.0 Å². The zero-order valence-electron chi connectivity index (χ0n) is 11.5. The lowest BCUT2D eigenvalue weighted by molar-refractivity contribution is -0.137. The lowest BCUT2D eigenvalue weighted by Gasteiger charge is -2.07. The number of ether oxygens (including phenoxy) is 1. The van der Waals surface area contributed by atoms with Crippen LogP contribution in [-0.4, -0.2) is 16.2 Å². The molecule has 0 saturated carbocycles. The molecule has 120 valence electrons. The molecule has 0 radical (unpaired) electrons. The van der Waals surface area contributed by atoms with Crippen molar-refractivity contribution >= 4 is 12.0 Å². The van der Waals surface area contributed by atoms with Crippen molar-refractivity contribution < 1.29 is 32.9 Å². The van der Waals surface area contributed by atoms with E-state index in [2.05, 4.69) is 0 Å². The molecule has 7 heteroatoms. The topological polar surface area (TPSA) is 66.8 Å². The van der Waals surface area contributed by atoms with Gasteiger partial charge in [-0.05, 0) is 48.0 Å². The maximum Gasteiger partial charge on any atom is 0.416 e. The average molecular weight is 324 g/mol. The van der Waals surface area contributed by atoms with Gasteiger partial charge in [0.1, 0.15) is 5.75 Å². The van der Waals surface area contributed by atoms with Crippen LogP contribution in [0.3, 0.4) is 0 Å². The predicted octanol–water partition coefficient (Wildman–Crippen LogP) is 3.74. The van der Waals surface area contributed by atoms with Crippen molar-refractivity contribution in [1.29, 1.82) is 0 Å². The number of phenolic OH excluding ortho intramolecular Hbond substituents is 2. The molecule has 2 aromatic rings. The van der Waals surface area contributed by atoms with E-state index in [1.54, 1.807) is 0 Å². The number of carbonyl (C=O) groups is 1. The van der Waals surface area contributed by atoms with Crippen LogP contribution in [0, 0.1) is 0 Å². The molecular formula is C16H11F3O4. The normalized spacial score (nSPS) is 11.6. The van der Waals surface area contributed by atoms with Crippen molar-refractivity contribution in [2.75, 3.05) is 0 Å². The Bertz CT molecular complexity index is 734. The van der Waals surface area contributed by atoms with Crippen molar-refractivity contribution in [2.24, 2.45) is 0 Å². The van der Waals surface area contributed by atoms with Gasteiger partial charge < -0.3 is 14.9 Å². The van der Waals surface area contributed by atoms with Gasteiger partial charge in [0.25, 0.3) is 0 Å². The van der Waals surface area contributed by atoms with Gasteiger partial charge in [-0.2, -0.15) is 13.2 Å². The summed E-state index contributed by atoms with van der Waals surface area (Å²) in [4.78, 5) is 11.6. The number of carbonyl (C=O) groups excluding carboxylic acids is 1. The first-order valence-electron chi connectivity index (χ1n) is 6.35. The minimum absolute atomic E-state index is 0.0267. The Balaban J connectivity index is 2.01. The molecule has 0 aliphatic carbocycles. The Morgan fingerprint density at radius 3 is 2.22 bits per heavy atom. The van der Waals surface area contributed by atoms with Crippen LogP contribution in [0.5, 0.6) is 17.2 Å². The number of aromatic hydroxyl groups is 2. The quantitative estimate of drug-likeness (QED) is 0.391. The summed E-state index contributed by atoms with van der Waals surface area (Å²) in [6.45, 7) is 0. The second-order valence-corrected chi connectivity index (χ2v) is 4.52. The summed E-state index contributed by atoms with van der Waals surface area (Å²) in [5, 5.41) is 18.5. The lowest BCUT2D eigenvalue weighted by Crippen LogP contribution is -2.06. The van der Waals surface area contributed by atoms with Gasteiger partial charge in [0.05, 0.1) is 5.56 Å². The highest BCUT2D eigenvalue weighted by molar-refractivity contribution is 5.88. The molecule has 0 aliphatic rings. The van der Waals surface area contributed by atoms with Gasteiger partial charge in [0.15, 0.2) is 11.5 Å². The molecule has 2 aromatic carbocycles. The second-order valence-electron chi connectivity index (χ2n) is 4.52. The monoisotopic (exact) mass is 324 g/mol. The Kier molecular flexibility index (Phi) is 4.59. The third-order valence-corrected chi connectivity index (χ3v) is 2.81. The first-order chi connectivity index (χ1) is 10.8. The summed E-state index contributed by atoms with van der Waals surface area (Å²) in [6.07, 6.45) is -2.08. The smallest absolute Gasteiger partial charge is 0.416 e. The summed E-state index contributed by atoms with van der Waals surface area (Å²) in [5.74, 6) is -1.46. The molecule has 0 atom stereocenters. The largest absolute Gasteiger partial charge is 0.504 e. The number of phenols is 2. The van der Waals surface area contributed by atoms with Gasteiger partial charge in [-0.1, -0.05) is 6.07 Å². The number of hydrogen-bond donors (Lipinski definition) is 2. The van der Waals surface area contributed by atoms with E-state index in [1.165, 1.54) is 24.3 Å². The lowest BCUT2D eigenvalue weighted by atomic mass is 10.2. The van der Waals surface area contributed by atoms with E-state index in [9.17, 15) is 23.1 Å². The number of rotatable bonds is 3. The van der Waals surface area contributed by atoms with Gasteiger partial charge >= 0.3 is 12.1 Å². The van der Waals surface area contributed by atoms with E-state index in [1.807, 2.05) is 0 Å². The van der Waals surface area contributed by atoms with Crippen LogP contribution >= 0.6 is 0 Å². The van der Waals surface area contributed by atoms with Crippen LogP contribution in [0.1, 0.15) is 11.1 Å². The number of esters is 1. The summed E-state index contributed by atoms with van der Waals surface area (Å²) >= 11 is 0. The van der Waals surface area contributed by atoms with Gasteiger partial charge in [-0.25, -0.2) is 4.79 Å². The average Bonchev–Trinajstić information content (AvgIpc) is 2.48. The van der Waals surface area contributed by atoms with E-state index < -0.39 is 17.7 Å². The van der Waals surface area contributed by atoms with Crippen molar-refractivity contribution in [3.63, 3.8) is 0 Å². The zero-order chi connectivity index (χ0) is 17.0. The Morgan fingerprint density at radius 1 is 1.00 bits per heavy atom. The van der Waals surface area contributed by atoms with Gasteiger partial charge in [-0.15, -0.1) is 0 Å². The molecule has 23 heavy (non-hydrogen) atoms. The van der Waals surface area contributed by atoms with Crippen molar-refractivity contribution in [3.05, 3.63) is 59.7 Å². The van der Waals surface area contributed by atoms with Crippen LogP contribution in [0.4, 0.5) is 13.2 Å². The summed E-state index contributed by atoms with van der Waals surface area (Å²) in [5.41, 5.74) is -0.405. The molecule has 0 unspecified atom stereocenters. The Labute approximate surface area is 129 Å². The van der Waals surface area contributed by atoms with E-state index >= 15 is 0 Å². The number of halogens is 3. The molecule has 2 rings (SSSR count). The molecule has 0 aromatic heterocycles. The highest BCUT2D eigenvalue weighted by Gasteiger charge is 2.30. The molecule has 0 amide bonds. The van der Waals surface area contributed by atoms with Crippen LogP contribution < -0.4 is 4.74 Å². The third-order valence-electron chi connectivity index (χ3n) is 2.81. The maximum atomic E-state index is 12.4. The first kappa shape index (κ1) is 16.4. The Morgan fingerprint density at radius 2 is 1.65 bits per heavy atom. The van der Waals surface area contributed by atoms with Crippen molar-refractivity contribution in [1.82, 2.24) is 0 Å². The fourth-order valence-corrected chi connectivity index (χ4v) is 1.67. The van der Waals surface area contributed by atoms with Gasteiger partial charge in [-0.3, -0.25) is 0 Å². The third kappa shape index (κ3) is 4.50. The fourth-order valence-electron chi connectivity index (χ4n) is 1.67. The fraction of sp³-hybridized carbons (Fsp3) is 0.0625. The van der Waals surface area contributed by atoms with Gasteiger partial charge in [0.2, 0.25) is 0 Å². The second kappa shape index (κ2) is 6.43. The van der Waals surface area contributed by atoms with Crippen molar-refractivity contribution in [3.8, 4) is 17.2 Å². The zero-order valence-corrected chi connectivity index (χ0v) is 11.5. The molecular weight excluding hydrogens is 313 g/mol. The molecule has 0 fully saturated rings. The number of alkyl halides is 3. The first-order valence-corrected chi connectivity index (χ1v) is 6.35. The minimum Gasteiger partial charge on any atom is -0.504 e. The van der Waals surface area contributed by atoms with E-state index in [4.69, 9.17) is 9.84 Å². The Hall–Kier alpha value is -2.96. The maximum absolute atomic E-state index is 12.4. The summed E-state index contributed by atoms with van der Waals surface area (Å²) in [7, 11) is 0. The minimum atomic E-state index is -4.46. The summed E-state index contributed by atoms with van der Waals surface area (Å²) < 4.78 is 42.0. The van der Waals surface area contributed by atoms with Gasteiger partial charge in [0, 0.05) is 6.08 Å². The predicted molar refractivity (Wildman–Crippen MR) is 75.9 cm³/mol. The van der Waals surface area contributed by atoms with Crippen LogP contribution in [0.2, 0.25) is 0 Å². The summed E-state index contributed by atoms with van der Waals surface area (Å²) in [6, 6.07) is 7.64. The molecule has 0 spiro atoms. The molecule has 0 saturated heterocycles. The number of hydrogen-bond acceptors (Lipinski definition) is 4. The van der Waals surface area contributed by atoms with E-state index in [-0.39, 0.29) is 17.2 Å². The molecule has 0 bridgehead atoms. The molecule has 0 aliphatic heterocycles. The van der Waals surface area contributed by atoms with E-state index in [0.717, 1.165) is 30.3 Å². The van der Waals surface area contributed by atoms with Crippen LogP contribution in [0.25, 0.3) is 6.08 Å². The van der Waals surface area contributed by atoms with Crippen LogP contribution in [0.15, 0.2) is 48.5 Å². The molecule has 2 N–H and O–H groups in total. The number of benzene rings is 2. The molecule has 4 nitrogen and oxygen atoms in total.